The molecule has 1 N–H and O–H groups in total. The number of ether oxygens (including phenoxy) is 1. The number of H-pyrrole nitrogens is 1. The molecule has 1 fully saturated rings. The Morgan fingerprint density at radius 2 is 1.85 bits per heavy atom. The van der Waals surface area contributed by atoms with E-state index in [0.29, 0.717) is 30.1 Å². The van der Waals surface area contributed by atoms with Gasteiger partial charge in [-0.1, -0.05) is 0 Å². The number of carbonyl (C=O) groups is 1. The lowest BCUT2D eigenvalue weighted by atomic mass is 10.2. The molecule has 9 heteroatoms. The van der Waals surface area contributed by atoms with Crippen LogP contribution in [0.3, 0.4) is 0 Å². The maximum Gasteiger partial charge on any atom is 0.274 e. The zero-order valence-corrected chi connectivity index (χ0v) is 15.8. The van der Waals surface area contributed by atoms with Gasteiger partial charge < -0.3 is 9.64 Å². The van der Waals surface area contributed by atoms with Gasteiger partial charge in [-0.2, -0.15) is 9.40 Å². The summed E-state index contributed by atoms with van der Waals surface area (Å²) in [4.78, 5) is 14.3. The average molecular weight is 378 g/mol. The van der Waals surface area contributed by atoms with Gasteiger partial charge in [0.15, 0.2) is 0 Å². The molecule has 1 amide bonds. The van der Waals surface area contributed by atoms with E-state index >= 15 is 0 Å². The summed E-state index contributed by atoms with van der Waals surface area (Å²) in [5.74, 6) is 0.429. The van der Waals surface area contributed by atoms with Crippen LogP contribution in [-0.4, -0.2) is 67.0 Å². The SMILES string of the molecule is COc1ccc(S(=O)(=O)N2CCN(C(=O)c3cc(C)[nH]n3)CC2)c(C)c1. The second-order valence-corrected chi connectivity index (χ2v) is 8.17. The van der Waals surface area contributed by atoms with Crippen LogP contribution in [0.4, 0.5) is 0 Å². The van der Waals surface area contributed by atoms with Crippen LogP contribution in [0.5, 0.6) is 5.75 Å². The molecular formula is C17H22N4O4S. The molecule has 0 radical (unpaired) electrons. The Morgan fingerprint density at radius 1 is 1.15 bits per heavy atom. The first-order valence-corrected chi connectivity index (χ1v) is 9.73. The smallest absolute Gasteiger partial charge is 0.274 e. The van der Waals surface area contributed by atoms with Crippen molar-refractivity contribution in [2.24, 2.45) is 0 Å². The lowest BCUT2D eigenvalue weighted by Crippen LogP contribution is -2.50. The first kappa shape index (κ1) is 18.4. The van der Waals surface area contributed by atoms with Crippen LogP contribution >= 0.6 is 0 Å². The summed E-state index contributed by atoms with van der Waals surface area (Å²) in [5, 5.41) is 6.72. The molecule has 1 aromatic carbocycles. The summed E-state index contributed by atoms with van der Waals surface area (Å²) in [6.45, 7) is 4.74. The third-order valence-electron chi connectivity index (χ3n) is 4.45. The van der Waals surface area contributed by atoms with Crippen molar-refractivity contribution in [1.29, 1.82) is 0 Å². The fourth-order valence-corrected chi connectivity index (χ4v) is 4.63. The Kier molecular flexibility index (Phi) is 5.01. The highest BCUT2D eigenvalue weighted by Crippen LogP contribution is 2.25. The van der Waals surface area contributed by atoms with Crippen molar-refractivity contribution < 1.29 is 17.9 Å². The number of aromatic nitrogens is 2. The number of carbonyl (C=O) groups excluding carboxylic acids is 1. The van der Waals surface area contributed by atoms with Gasteiger partial charge >= 0.3 is 0 Å². The number of aromatic amines is 1. The van der Waals surface area contributed by atoms with Crippen LogP contribution < -0.4 is 4.74 Å². The van der Waals surface area contributed by atoms with Crippen LogP contribution in [0, 0.1) is 13.8 Å². The van der Waals surface area contributed by atoms with E-state index in [9.17, 15) is 13.2 Å². The number of nitrogens with zero attached hydrogens (tertiary/aromatic N) is 3. The monoisotopic (exact) mass is 378 g/mol. The van der Waals surface area contributed by atoms with E-state index in [-0.39, 0.29) is 23.9 Å². The maximum atomic E-state index is 12.9. The molecule has 0 atom stereocenters. The molecule has 0 saturated carbocycles. The number of methoxy groups -OCH3 is 1. The molecule has 0 unspecified atom stereocenters. The van der Waals surface area contributed by atoms with E-state index < -0.39 is 10.0 Å². The zero-order valence-electron chi connectivity index (χ0n) is 15.0. The molecule has 0 aliphatic carbocycles. The largest absolute Gasteiger partial charge is 0.497 e. The summed E-state index contributed by atoms with van der Waals surface area (Å²) < 4.78 is 32.4. The third-order valence-corrected chi connectivity index (χ3v) is 6.51. The minimum absolute atomic E-state index is 0.188. The molecule has 2 heterocycles. The summed E-state index contributed by atoms with van der Waals surface area (Å²) in [5.41, 5.74) is 1.80. The predicted molar refractivity (Wildman–Crippen MR) is 95.7 cm³/mol. The number of amides is 1. The van der Waals surface area contributed by atoms with Gasteiger partial charge in [-0.05, 0) is 43.7 Å². The van der Waals surface area contributed by atoms with Gasteiger partial charge in [0, 0.05) is 31.9 Å². The van der Waals surface area contributed by atoms with E-state index in [1.165, 1.54) is 4.31 Å². The highest BCUT2D eigenvalue weighted by atomic mass is 32.2. The van der Waals surface area contributed by atoms with Crippen LogP contribution in [0.25, 0.3) is 0 Å². The molecule has 1 aliphatic heterocycles. The fraction of sp³-hybridized carbons (Fsp3) is 0.412. The molecule has 1 saturated heterocycles. The Hall–Kier alpha value is -2.39. The van der Waals surface area contributed by atoms with Gasteiger partial charge in [0.25, 0.3) is 5.91 Å². The van der Waals surface area contributed by atoms with E-state index in [2.05, 4.69) is 10.2 Å². The topological polar surface area (TPSA) is 95.6 Å². The normalized spacial score (nSPS) is 15.9. The molecule has 0 bridgehead atoms. The second-order valence-electron chi connectivity index (χ2n) is 6.26. The fourth-order valence-electron chi connectivity index (χ4n) is 3.00. The first-order valence-electron chi connectivity index (χ1n) is 8.29. The molecule has 26 heavy (non-hydrogen) atoms. The molecule has 1 aromatic heterocycles. The molecule has 3 rings (SSSR count). The number of rotatable bonds is 4. The van der Waals surface area contributed by atoms with Crippen molar-refractivity contribution in [2.45, 2.75) is 18.7 Å². The Bertz CT molecular complexity index is 915. The summed E-state index contributed by atoms with van der Waals surface area (Å²) in [7, 11) is -2.07. The molecular weight excluding hydrogens is 356 g/mol. The highest BCUT2D eigenvalue weighted by molar-refractivity contribution is 7.89. The molecule has 1 aliphatic rings. The average Bonchev–Trinajstić information content (AvgIpc) is 3.07. The number of benzene rings is 1. The minimum atomic E-state index is -3.61. The second kappa shape index (κ2) is 7.08. The summed E-state index contributed by atoms with van der Waals surface area (Å²) in [6, 6.07) is 6.59. The van der Waals surface area contributed by atoms with Crippen molar-refractivity contribution >= 4 is 15.9 Å². The first-order chi connectivity index (χ1) is 12.3. The van der Waals surface area contributed by atoms with Crippen molar-refractivity contribution in [3.63, 3.8) is 0 Å². The van der Waals surface area contributed by atoms with Crippen molar-refractivity contribution in [3.05, 3.63) is 41.2 Å². The quantitative estimate of drug-likeness (QED) is 0.862. The third kappa shape index (κ3) is 3.45. The number of hydrogen-bond donors (Lipinski definition) is 1. The van der Waals surface area contributed by atoms with Crippen molar-refractivity contribution in [1.82, 2.24) is 19.4 Å². The molecule has 0 spiro atoms. The van der Waals surface area contributed by atoms with Crippen LogP contribution in [0.1, 0.15) is 21.7 Å². The molecule has 140 valence electrons. The number of nitrogens with one attached hydrogen (secondary N) is 1. The number of piperazine rings is 1. The summed E-state index contributed by atoms with van der Waals surface area (Å²) in [6.07, 6.45) is 0. The minimum Gasteiger partial charge on any atom is -0.497 e. The van der Waals surface area contributed by atoms with E-state index in [1.807, 2.05) is 6.92 Å². The van der Waals surface area contributed by atoms with E-state index in [4.69, 9.17) is 4.74 Å². The van der Waals surface area contributed by atoms with E-state index in [0.717, 1.165) is 5.69 Å². The lowest BCUT2D eigenvalue weighted by molar-refractivity contribution is 0.0692. The Labute approximate surface area is 152 Å². The van der Waals surface area contributed by atoms with Crippen molar-refractivity contribution in [3.8, 4) is 5.75 Å². The van der Waals surface area contributed by atoms with Gasteiger partial charge in [0.2, 0.25) is 10.0 Å². The maximum absolute atomic E-state index is 12.9. The summed E-state index contributed by atoms with van der Waals surface area (Å²) >= 11 is 0. The predicted octanol–water partition coefficient (Wildman–Crippen LogP) is 1.18. The highest BCUT2D eigenvalue weighted by Gasteiger charge is 2.31. The van der Waals surface area contributed by atoms with Gasteiger partial charge in [0.05, 0.1) is 12.0 Å². The standard InChI is InChI=1S/C17H22N4O4S/c1-12-10-14(25-3)4-5-16(12)26(23,24)21-8-6-20(7-9-21)17(22)15-11-13(2)18-19-15/h4-5,10-11H,6-9H2,1-3H3,(H,18,19). The van der Waals surface area contributed by atoms with Crippen LogP contribution in [0.2, 0.25) is 0 Å². The number of sulfonamides is 1. The zero-order chi connectivity index (χ0) is 18.9. The van der Waals surface area contributed by atoms with Gasteiger partial charge in [-0.15, -0.1) is 0 Å². The molecule has 8 nitrogen and oxygen atoms in total. The number of aryl methyl sites for hydroxylation is 2. The molecule has 2 aromatic rings. The van der Waals surface area contributed by atoms with Gasteiger partial charge in [-0.25, -0.2) is 8.42 Å². The van der Waals surface area contributed by atoms with Gasteiger partial charge in [-0.3, -0.25) is 9.89 Å². The lowest BCUT2D eigenvalue weighted by Gasteiger charge is -2.33. The number of hydrogen-bond acceptors (Lipinski definition) is 5. The van der Waals surface area contributed by atoms with Crippen LogP contribution in [-0.2, 0) is 10.0 Å². The van der Waals surface area contributed by atoms with E-state index in [1.54, 1.807) is 43.2 Å². The Balaban J connectivity index is 1.72. The van der Waals surface area contributed by atoms with Gasteiger partial charge in [0.1, 0.15) is 11.4 Å². The van der Waals surface area contributed by atoms with Crippen molar-refractivity contribution in [2.75, 3.05) is 33.3 Å². The van der Waals surface area contributed by atoms with Crippen LogP contribution in [0.15, 0.2) is 29.2 Å². The Morgan fingerprint density at radius 3 is 2.38 bits per heavy atom.